The van der Waals surface area contributed by atoms with E-state index in [9.17, 15) is 4.21 Å². The minimum absolute atomic E-state index is 0.0492. The van der Waals surface area contributed by atoms with Gasteiger partial charge in [0.2, 0.25) is 0 Å². The third-order valence-electron chi connectivity index (χ3n) is 2.27. The van der Waals surface area contributed by atoms with Crippen molar-refractivity contribution in [1.82, 2.24) is 9.71 Å². The minimum atomic E-state index is -1.05. The van der Waals surface area contributed by atoms with Crippen LogP contribution in [0.1, 0.15) is 45.0 Å². The Balaban J connectivity index is 2.69. The summed E-state index contributed by atoms with van der Waals surface area (Å²) in [6.45, 7) is 9.81. The Morgan fingerprint density at radius 3 is 2.44 bits per heavy atom. The molecule has 0 bridgehead atoms. The Morgan fingerprint density at radius 1 is 1.38 bits per heavy atom. The van der Waals surface area contributed by atoms with Crippen LogP contribution in [0.3, 0.4) is 0 Å². The van der Waals surface area contributed by atoms with E-state index in [4.69, 9.17) is 0 Å². The molecule has 16 heavy (non-hydrogen) atoms. The van der Waals surface area contributed by atoms with Gasteiger partial charge in [0.15, 0.2) is 0 Å². The lowest BCUT2D eigenvalue weighted by atomic mass is 10.1. The fourth-order valence-electron chi connectivity index (χ4n) is 1.14. The van der Waals surface area contributed by atoms with Gasteiger partial charge in [-0.15, -0.1) is 0 Å². The van der Waals surface area contributed by atoms with Gasteiger partial charge in [0.05, 0.1) is 15.7 Å². The van der Waals surface area contributed by atoms with Gasteiger partial charge in [0.1, 0.15) is 0 Å². The smallest absolute Gasteiger partial charge is 0.0975 e. The maximum atomic E-state index is 11.9. The van der Waals surface area contributed by atoms with Crippen LogP contribution in [-0.4, -0.2) is 13.9 Å². The van der Waals surface area contributed by atoms with Crippen LogP contribution in [0.4, 0.5) is 0 Å². The molecule has 0 amide bonds. The van der Waals surface area contributed by atoms with Crippen molar-refractivity contribution < 1.29 is 4.21 Å². The third-order valence-corrected chi connectivity index (χ3v) is 3.95. The molecule has 0 aliphatic heterocycles. The Kier molecular flexibility index (Phi) is 4.21. The lowest BCUT2D eigenvalue weighted by Crippen LogP contribution is -2.34. The predicted octanol–water partition coefficient (Wildman–Crippen LogP) is 2.50. The summed E-state index contributed by atoms with van der Waals surface area (Å²) in [4.78, 5) is 4.23. The molecule has 90 valence electrons. The molecule has 3 nitrogen and oxygen atoms in total. The average Bonchev–Trinajstić information content (AvgIpc) is 2.17. The quantitative estimate of drug-likeness (QED) is 0.882. The predicted molar refractivity (Wildman–Crippen MR) is 68.4 cm³/mol. The second-order valence-corrected chi connectivity index (χ2v) is 6.95. The van der Waals surface area contributed by atoms with Gasteiger partial charge in [-0.2, -0.15) is 0 Å². The van der Waals surface area contributed by atoms with E-state index in [1.165, 1.54) is 0 Å². The zero-order valence-corrected chi connectivity index (χ0v) is 11.4. The molecule has 0 saturated heterocycles. The normalized spacial score (nSPS) is 15.8. The molecule has 1 rings (SSSR count). The molecule has 0 radical (unpaired) electrons. The Hall–Kier alpha value is -0.740. The zero-order valence-electron chi connectivity index (χ0n) is 10.6. The van der Waals surface area contributed by atoms with Crippen LogP contribution in [0, 0.1) is 6.92 Å². The number of rotatable bonds is 3. The van der Waals surface area contributed by atoms with E-state index in [1.807, 2.05) is 52.9 Å². The molecule has 1 N–H and O–H groups in total. The van der Waals surface area contributed by atoms with Crippen molar-refractivity contribution in [3.63, 3.8) is 0 Å². The summed E-state index contributed by atoms with van der Waals surface area (Å²) in [5.41, 5.74) is 2.05. The first-order valence-corrected chi connectivity index (χ1v) is 6.56. The molecule has 4 heteroatoms. The first-order chi connectivity index (χ1) is 7.30. The Morgan fingerprint density at radius 2 is 2.00 bits per heavy atom. The van der Waals surface area contributed by atoms with Crippen molar-refractivity contribution in [1.29, 1.82) is 0 Å². The highest BCUT2D eigenvalue weighted by Crippen LogP contribution is 2.16. The molecule has 0 aliphatic rings. The molecule has 0 fully saturated rings. The van der Waals surface area contributed by atoms with E-state index in [0.29, 0.717) is 0 Å². The van der Waals surface area contributed by atoms with Crippen LogP contribution in [-0.2, 0) is 11.0 Å². The topological polar surface area (TPSA) is 42.0 Å². The van der Waals surface area contributed by atoms with E-state index in [0.717, 1.165) is 11.3 Å². The van der Waals surface area contributed by atoms with Gasteiger partial charge in [0, 0.05) is 17.9 Å². The fourth-order valence-corrected chi connectivity index (χ4v) is 1.95. The van der Waals surface area contributed by atoms with Crippen LogP contribution in [0.5, 0.6) is 0 Å². The number of pyridine rings is 1. The first kappa shape index (κ1) is 13.3. The van der Waals surface area contributed by atoms with Gasteiger partial charge in [-0.25, -0.2) is 8.93 Å². The van der Waals surface area contributed by atoms with E-state index in [1.54, 1.807) is 0 Å². The summed E-state index contributed by atoms with van der Waals surface area (Å²) in [7, 11) is -1.05. The summed E-state index contributed by atoms with van der Waals surface area (Å²) in [6, 6.07) is 4.03. The highest BCUT2D eigenvalue weighted by molar-refractivity contribution is 7.84. The number of nitrogens with zero attached hydrogens (tertiary/aromatic N) is 1. The Labute approximate surface area is 100 Å². The van der Waals surface area contributed by atoms with E-state index in [2.05, 4.69) is 9.71 Å². The molecular formula is C12H20N2OS. The van der Waals surface area contributed by atoms with Gasteiger partial charge >= 0.3 is 0 Å². The van der Waals surface area contributed by atoms with E-state index < -0.39 is 11.0 Å². The second kappa shape index (κ2) is 5.06. The van der Waals surface area contributed by atoms with Crippen molar-refractivity contribution in [3.8, 4) is 0 Å². The summed E-state index contributed by atoms with van der Waals surface area (Å²) >= 11 is 0. The van der Waals surface area contributed by atoms with Crippen LogP contribution in [0.2, 0.25) is 0 Å². The summed E-state index contributed by atoms with van der Waals surface area (Å²) < 4.78 is 14.7. The second-order valence-electron chi connectivity index (χ2n) is 4.95. The van der Waals surface area contributed by atoms with Gasteiger partial charge in [-0.1, -0.05) is 6.07 Å². The SMILES string of the molecule is Cc1ccc([C@@H](C)N[S@@](=O)C(C)(C)C)cn1. The lowest BCUT2D eigenvalue weighted by molar-refractivity contribution is 0.615. The van der Waals surface area contributed by atoms with Gasteiger partial charge in [0.25, 0.3) is 0 Å². The summed E-state index contributed by atoms with van der Waals surface area (Å²) in [5, 5.41) is 0. The standard InChI is InChI=1S/C12H20N2OS/c1-9-6-7-11(8-13-9)10(2)14-16(15)12(3,4)5/h6-8,10,14H,1-5H3/t10-,16+/m1/s1. The van der Waals surface area contributed by atoms with Crippen LogP contribution < -0.4 is 4.72 Å². The molecule has 0 aliphatic carbocycles. The molecule has 1 aromatic heterocycles. The molecule has 1 aromatic rings. The maximum absolute atomic E-state index is 11.9. The van der Waals surface area contributed by atoms with E-state index in [-0.39, 0.29) is 10.8 Å². The largest absolute Gasteiger partial charge is 0.261 e. The monoisotopic (exact) mass is 240 g/mol. The summed E-state index contributed by atoms with van der Waals surface area (Å²) in [5.74, 6) is 0. The van der Waals surface area contributed by atoms with Crippen molar-refractivity contribution in [2.24, 2.45) is 0 Å². The fraction of sp³-hybridized carbons (Fsp3) is 0.583. The molecule has 1 heterocycles. The molecule has 0 saturated carbocycles. The highest BCUT2D eigenvalue weighted by atomic mass is 32.2. The number of aromatic nitrogens is 1. The molecular weight excluding hydrogens is 220 g/mol. The highest BCUT2D eigenvalue weighted by Gasteiger charge is 2.21. The van der Waals surface area contributed by atoms with Crippen molar-refractivity contribution in [2.75, 3.05) is 0 Å². The number of aryl methyl sites for hydroxylation is 1. The number of nitrogens with one attached hydrogen (secondary N) is 1. The lowest BCUT2D eigenvalue weighted by Gasteiger charge is -2.22. The van der Waals surface area contributed by atoms with E-state index >= 15 is 0 Å². The average molecular weight is 240 g/mol. The number of hydrogen-bond acceptors (Lipinski definition) is 2. The number of hydrogen-bond donors (Lipinski definition) is 1. The molecule has 0 unspecified atom stereocenters. The van der Waals surface area contributed by atoms with Crippen molar-refractivity contribution >= 4 is 11.0 Å². The zero-order chi connectivity index (χ0) is 12.3. The minimum Gasteiger partial charge on any atom is -0.261 e. The van der Waals surface area contributed by atoms with Crippen LogP contribution in [0.15, 0.2) is 18.3 Å². The maximum Gasteiger partial charge on any atom is 0.0975 e. The van der Waals surface area contributed by atoms with Crippen molar-refractivity contribution in [2.45, 2.75) is 45.4 Å². The van der Waals surface area contributed by atoms with Gasteiger partial charge < -0.3 is 0 Å². The first-order valence-electron chi connectivity index (χ1n) is 5.41. The van der Waals surface area contributed by atoms with Crippen molar-refractivity contribution in [3.05, 3.63) is 29.6 Å². The van der Waals surface area contributed by atoms with Crippen LogP contribution >= 0.6 is 0 Å². The van der Waals surface area contributed by atoms with Gasteiger partial charge in [-0.05, 0) is 46.2 Å². The molecule has 2 atom stereocenters. The van der Waals surface area contributed by atoms with Gasteiger partial charge in [-0.3, -0.25) is 4.98 Å². The Bertz CT molecular complexity index is 368. The third kappa shape index (κ3) is 3.68. The van der Waals surface area contributed by atoms with Crippen LogP contribution in [0.25, 0.3) is 0 Å². The molecule has 0 aromatic carbocycles. The molecule has 0 spiro atoms. The summed E-state index contributed by atoms with van der Waals surface area (Å²) in [6.07, 6.45) is 1.83.